The fraction of sp³-hybridized carbons (Fsp3) is 0.286. The van der Waals surface area contributed by atoms with E-state index in [0.717, 1.165) is 23.0 Å². The number of aromatic nitrogens is 2. The molecule has 19 heavy (non-hydrogen) atoms. The van der Waals surface area contributed by atoms with E-state index in [1.807, 2.05) is 42.1 Å². The van der Waals surface area contributed by atoms with Gasteiger partial charge in [-0.3, -0.25) is 9.48 Å². The Morgan fingerprint density at radius 1 is 1.47 bits per heavy atom. The Balaban J connectivity index is 1.81. The van der Waals surface area contributed by atoms with Gasteiger partial charge >= 0.3 is 0 Å². The van der Waals surface area contributed by atoms with E-state index < -0.39 is 0 Å². The van der Waals surface area contributed by atoms with E-state index in [-0.39, 0.29) is 5.91 Å². The predicted octanol–water partition coefficient (Wildman–Crippen LogP) is 2.77. The van der Waals surface area contributed by atoms with Gasteiger partial charge in [0.25, 0.3) is 5.91 Å². The molecule has 0 saturated carbocycles. The van der Waals surface area contributed by atoms with Crippen LogP contribution in [0.5, 0.6) is 0 Å². The van der Waals surface area contributed by atoms with Crippen LogP contribution in [-0.4, -0.2) is 22.2 Å². The van der Waals surface area contributed by atoms with Crippen LogP contribution in [0.2, 0.25) is 0 Å². The number of benzene rings is 1. The summed E-state index contributed by atoms with van der Waals surface area (Å²) in [5.74, 6) is -0.0488. The summed E-state index contributed by atoms with van der Waals surface area (Å²) in [5.41, 5.74) is 1.80. The first kappa shape index (κ1) is 13.8. The van der Waals surface area contributed by atoms with Gasteiger partial charge in [-0.15, -0.1) is 0 Å². The van der Waals surface area contributed by atoms with Crippen molar-refractivity contribution in [3.63, 3.8) is 0 Å². The van der Waals surface area contributed by atoms with Crippen LogP contribution in [0.15, 0.2) is 41.1 Å². The average molecular weight is 322 g/mol. The van der Waals surface area contributed by atoms with Crippen molar-refractivity contribution in [1.82, 2.24) is 15.1 Å². The average Bonchev–Trinajstić information content (AvgIpc) is 2.87. The number of carbonyl (C=O) groups excluding carboxylic acids is 1. The van der Waals surface area contributed by atoms with Gasteiger partial charge in [0.05, 0.1) is 5.56 Å². The molecule has 1 N–H and O–H groups in total. The number of amides is 1. The van der Waals surface area contributed by atoms with Crippen molar-refractivity contribution in [2.24, 2.45) is 0 Å². The molecule has 0 aliphatic carbocycles. The first-order chi connectivity index (χ1) is 9.16. The maximum absolute atomic E-state index is 12.0. The van der Waals surface area contributed by atoms with Crippen LogP contribution in [0.25, 0.3) is 0 Å². The summed E-state index contributed by atoms with van der Waals surface area (Å²) in [6, 6.07) is 7.60. The zero-order valence-electron chi connectivity index (χ0n) is 10.8. The smallest absolute Gasteiger partial charge is 0.252 e. The van der Waals surface area contributed by atoms with Crippen LogP contribution in [0, 0.1) is 6.92 Å². The highest BCUT2D eigenvalue weighted by Gasteiger charge is 2.08. The molecule has 0 spiro atoms. The van der Waals surface area contributed by atoms with Crippen LogP contribution in [0.1, 0.15) is 22.3 Å². The lowest BCUT2D eigenvalue weighted by Crippen LogP contribution is -2.25. The van der Waals surface area contributed by atoms with Crippen LogP contribution < -0.4 is 5.32 Å². The first-order valence-corrected chi connectivity index (χ1v) is 6.98. The lowest BCUT2D eigenvalue weighted by atomic mass is 10.1. The Hall–Kier alpha value is -1.62. The van der Waals surface area contributed by atoms with Gasteiger partial charge in [-0.2, -0.15) is 5.10 Å². The van der Waals surface area contributed by atoms with Crippen LogP contribution >= 0.6 is 15.9 Å². The lowest BCUT2D eigenvalue weighted by Gasteiger charge is -2.07. The predicted molar refractivity (Wildman–Crippen MR) is 78.1 cm³/mol. The molecule has 0 unspecified atom stereocenters. The third-order valence-corrected chi connectivity index (χ3v) is 3.43. The summed E-state index contributed by atoms with van der Waals surface area (Å²) in [6.45, 7) is 3.44. The molecule has 0 bridgehead atoms. The number of nitrogens with zero attached hydrogens (tertiary/aromatic N) is 2. The van der Waals surface area contributed by atoms with Crippen molar-refractivity contribution < 1.29 is 4.79 Å². The van der Waals surface area contributed by atoms with E-state index >= 15 is 0 Å². The minimum absolute atomic E-state index is 0.0488. The summed E-state index contributed by atoms with van der Waals surface area (Å²) in [5, 5.41) is 7.02. The van der Waals surface area contributed by atoms with Crippen molar-refractivity contribution >= 4 is 21.8 Å². The number of hydrogen-bond donors (Lipinski definition) is 1. The van der Waals surface area contributed by atoms with E-state index in [9.17, 15) is 4.79 Å². The largest absolute Gasteiger partial charge is 0.352 e. The second kappa shape index (κ2) is 6.52. The molecule has 5 heteroatoms. The molecular weight excluding hydrogens is 306 g/mol. The van der Waals surface area contributed by atoms with E-state index in [1.54, 1.807) is 6.20 Å². The zero-order valence-corrected chi connectivity index (χ0v) is 12.4. The molecule has 100 valence electrons. The van der Waals surface area contributed by atoms with Gasteiger partial charge in [-0.1, -0.05) is 6.07 Å². The molecule has 1 aromatic heterocycles. The molecule has 0 fully saturated rings. The van der Waals surface area contributed by atoms with Crippen molar-refractivity contribution in [3.05, 3.63) is 52.3 Å². The molecule has 2 rings (SSSR count). The van der Waals surface area contributed by atoms with E-state index in [1.165, 1.54) is 0 Å². The van der Waals surface area contributed by atoms with E-state index in [2.05, 4.69) is 26.3 Å². The van der Waals surface area contributed by atoms with Gasteiger partial charge in [-0.25, -0.2) is 0 Å². The third-order valence-electron chi connectivity index (χ3n) is 2.78. The molecule has 0 aliphatic heterocycles. The molecule has 1 aromatic carbocycles. The maximum Gasteiger partial charge on any atom is 0.252 e. The fourth-order valence-electron chi connectivity index (χ4n) is 1.78. The van der Waals surface area contributed by atoms with Gasteiger partial charge in [0.15, 0.2) is 0 Å². The van der Waals surface area contributed by atoms with Crippen molar-refractivity contribution in [1.29, 1.82) is 0 Å². The highest BCUT2D eigenvalue weighted by molar-refractivity contribution is 9.10. The Morgan fingerprint density at radius 3 is 3.00 bits per heavy atom. The molecule has 0 atom stereocenters. The lowest BCUT2D eigenvalue weighted by molar-refractivity contribution is 0.0952. The minimum Gasteiger partial charge on any atom is -0.352 e. The Bertz CT molecular complexity index is 552. The molecular formula is C14H16BrN3O. The molecule has 1 amide bonds. The molecule has 0 radical (unpaired) electrons. The summed E-state index contributed by atoms with van der Waals surface area (Å²) >= 11 is 3.41. The Morgan fingerprint density at radius 2 is 2.32 bits per heavy atom. The zero-order chi connectivity index (χ0) is 13.7. The minimum atomic E-state index is -0.0488. The standard InChI is InChI=1S/C14H16BrN3O/c1-11-4-5-12(13(15)10-11)14(19)16-6-2-8-18-9-3-7-17-18/h3-5,7,9-10H,2,6,8H2,1H3,(H,16,19). The second-order valence-electron chi connectivity index (χ2n) is 4.36. The fourth-order valence-corrected chi connectivity index (χ4v) is 2.45. The van der Waals surface area contributed by atoms with Crippen molar-refractivity contribution in [2.45, 2.75) is 19.9 Å². The first-order valence-electron chi connectivity index (χ1n) is 6.18. The van der Waals surface area contributed by atoms with Gasteiger partial charge in [0.2, 0.25) is 0 Å². The summed E-state index contributed by atoms with van der Waals surface area (Å²) in [6.07, 6.45) is 4.53. The number of nitrogens with one attached hydrogen (secondary N) is 1. The Kier molecular flexibility index (Phi) is 4.74. The van der Waals surface area contributed by atoms with Crippen molar-refractivity contribution in [2.75, 3.05) is 6.54 Å². The Labute approximate surface area is 120 Å². The van der Waals surface area contributed by atoms with E-state index in [4.69, 9.17) is 0 Å². The molecule has 4 nitrogen and oxygen atoms in total. The molecule has 0 aliphatic rings. The summed E-state index contributed by atoms with van der Waals surface area (Å²) in [4.78, 5) is 12.0. The quantitative estimate of drug-likeness (QED) is 0.861. The van der Waals surface area contributed by atoms with Crippen LogP contribution in [0.4, 0.5) is 0 Å². The van der Waals surface area contributed by atoms with Gasteiger partial charge in [-0.05, 0) is 53.0 Å². The number of carbonyl (C=O) groups is 1. The normalized spacial score (nSPS) is 10.4. The second-order valence-corrected chi connectivity index (χ2v) is 5.22. The highest BCUT2D eigenvalue weighted by Crippen LogP contribution is 2.18. The number of halogens is 1. The summed E-state index contributed by atoms with van der Waals surface area (Å²) in [7, 11) is 0. The SMILES string of the molecule is Cc1ccc(C(=O)NCCCn2cccn2)c(Br)c1. The van der Waals surface area contributed by atoms with Crippen molar-refractivity contribution in [3.8, 4) is 0 Å². The van der Waals surface area contributed by atoms with Crippen LogP contribution in [-0.2, 0) is 6.54 Å². The van der Waals surface area contributed by atoms with Gasteiger partial charge < -0.3 is 5.32 Å². The topological polar surface area (TPSA) is 46.9 Å². The van der Waals surface area contributed by atoms with Crippen LogP contribution in [0.3, 0.4) is 0 Å². The highest BCUT2D eigenvalue weighted by atomic mass is 79.9. The molecule has 0 saturated heterocycles. The summed E-state index contributed by atoms with van der Waals surface area (Å²) < 4.78 is 2.69. The third kappa shape index (κ3) is 3.92. The van der Waals surface area contributed by atoms with E-state index in [0.29, 0.717) is 12.1 Å². The number of rotatable bonds is 5. The van der Waals surface area contributed by atoms with Gasteiger partial charge in [0.1, 0.15) is 0 Å². The molecule has 1 heterocycles. The van der Waals surface area contributed by atoms with Gasteiger partial charge in [0, 0.05) is 30.0 Å². The monoisotopic (exact) mass is 321 g/mol. The number of hydrogen-bond acceptors (Lipinski definition) is 2. The maximum atomic E-state index is 12.0. The molecule has 2 aromatic rings. The number of aryl methyl sites for hydroxylation is 2.